The molecule has 37 heavy (non-hydrogen) atoms. The van der Waals surface area contributed by atoms with Gasteiger partial charge in [0.2, 0.25) is 0 Å². The lowest BCUT2D eigenvalue weighted by Gasteiger charge is -2.29. The maximum Gasteiger partial charge on any atom is 0.166 e. The predicted molar refractivity (Wildman–Crippen MR) is 146 cm³/mol. The molecule has 0 bridgehead atoms. The fourth-order valence-corrected chi connectivity index (χ4v) is 6.30. The lowest BCUT2D eigenvalue weighted by Crippen LogP contribution is -2.15. The molecule has 2 aliphatic carbocycles. The predicted octanol–water partition coefficient (Wildman–Crippen LogP) is 10.2. The smallest absolute Gasteiger partial charge is 0.166 e. The van der Waals surface area contributed by atoms with Gasteiger partial charge >= 0.3 is 0 Å². The Labute approximate surface area is 221 Å². The molecule has 4 rings (SSSR count). The number of allylic oxidation sites excluding steroid dienone is 2. The number of halogens is 3. The van der Waals surface area contributed by atoms with Crippen LogP contribution in [0.2, 0.25) is 0 Å². The van der Waals surface area contributed by atoms with Crippen molar-refractivity contribution in [3.05, 3.63) is 70.5 Å². The van der Waals surface area contributed by atoms with Gasteiger partial charge in [0.05, 0.1) is 6.61 Å². The average molecular weight is 513 g/mol. The molecule has 4 heteroatoms. The summed E-state index contributed by atoms with van der Waals surface area (Å²) in [6, 6.07) is 8.93. The Hall–Kier alpha value is -2.23. The zero-order valence-electron chi connectivity index (χ0n) is 22.6. The number of unbranched alkanes of at least 4 members (excludes halogenated alkanes) is 2. The molecular weight excluding hydrogens is 469 g/mol. The molecule has 1 saturated carbocycles. The maximum absolute atomic E-state index is 15.1. The van der Waals surface area contributed by atoms with Gasteiger partial charge in [0.25, 0.3) is 0 Å². The van der Waals surface area contributed by atoms with Crippen LogP contribution in [0, 0.1) is 29.3 Å². The van der Waals surface area contributed by atoms with Crippen molar-refractivity contribution in [2.45, 2.75) is 103 Å². The van der Waals surface area contributed by atoms with E-state index in [1.54, 1.807) is 24.3 Å². The van der Waals surface area contributed by atoms with E-state index in [9.17, 15) is 4.39 Å². The molecule has 0 heterocycles. The van der Waals surface area contributed by atoms with Crippen LogP contribution >= 0.6 is 0 Å². The molecule has 2 aliphatic rings. The largest absolute Gasteiger partial charge is 0.491 e. The summed E-state index contributed by atoms with van der Waals surface area (Å²) in [6.07, 6.45) is 15.6. The Morgan fingerprint density at radius 1 is 0.838 bits per heavy atom. The highest BCUT2D eigenvalue weighted by Gasteiger charge is 2.25. The van der Waals surface area contributed by atoms with Crippen molar-refractivity contribution in [3.8, 4) is 5.75 Å². The molecule has 0 radical (unpaired) electrons. The standard InChI is InChI=1S/C33H43F3O/c1-3-5-6-7-23-10-15-26(16-11-23)29-20-18-27(32(35)33(29)36)17-12-24-8-13-25(14-9-24)28-19-21-31(37-4-2)30(34)22-28/h15,18-25H,3-14,16-17H2,1-2H3. The van der Waals surface area contributed by atoms with Gasteiger partial charge in [-0.05, 0) is 111 Å². The highest BCUT2D eigenvalue weighted by atomic mass is 19.2. The van der Waals surface area contributed by atoms with Crippen LogP contribution in [-0.2, 0) is 6.42 Å². The lowest BCUT2D eigenvalue weighted by molar-refractivity contribution is 0.306. The topological polar surface area (TPSA) is 9.23 Å². The summed E-state index contributed by atoms with van der Waals surface area (Å²) in [5.41, 5.74) is 2.95. The van der Waals surface area contributed by atoms with E-state index < -0.39 is 11.6 Å². The monoisotopic (exact) mass is 512 g/mol. The Bertz CT molecular complexity index is 1050. The third-order valence-electron chi connectivity index (χ3n) is 8.64. The van der Waals surface area contributed by atoms with Crippen LogP contribution in [0.3, 0.4) is 0 Å². The van der Waals surface area contributed by atoms with Gasteiger partial charge in [-0.25, -0.2) is 13.2 Å². The van der Waals surface area contributed by atoms with Crippen LogP contribution in [0.5, 0.6) is 5.75 Å². The molecule has 1 fully saturated rings. The fraction of sp³-hybridized carbons (Fsp3) is 0.576. The van der Waals surface area contributed by atoms with Crippen LogP contribution in [-0.4, -0.2) is 6.61 Å². The van der Waals surface area contributed by atoms with Crippen molar-refractivity contribution in [1.29, 1.82) is 0 Å². The van der Waals surface area contributed by atoms with E-state index in [1.165, 1.54) is 25.7 Å². The molecular formula is C33H43F3O. The molecule has 0 spiro atoms. The van der Waals surface area contributed by atoms with E-state index >= 15 is 8.78 Å². The summed E-state index contributed by atoms with van der Waals surface area (Å²) in [6.45, 7) is 4.52. The quantitative estimate of drug-likeness (QED) is 0.272. The van der Waals surface area contributed by atoms with Crippen molar-refractivity contribution in [2.24, 2.45) is 11.8 Å². The Morgan fingerprint density at radius 2 is 1.65 bits per heavy atom. The van der Waals surface area contributed by atoms with Crippen molar-refractivity contribution in [2.75, 3.05) is 6.61 Å². The molecule has 1 unspecified atom stereocenters. The summed E-state index contributed by atoms with van der Waals surface area (Å²) in [5.74, 6) is 0.216. The Balaban J connectivity index is 1.28. The molecule has 202 valence electrons. The van der Waals surface area contributed by atoms with Crippen LogP contribution in [0.4, 0.5) is 13.2 Å². The minimum absolute atomic E-state index is 0.293. The second-order valence-electron chi connectivity index (χ2n) is 11.1. The SMILES string of the molecule is CCCCCC1CC=C(c2ccc(CCC3CCC(c4ccc(OCC)c(F)c4)CC3)c(F)c2F)CC1. The molecule has 2 aromatic carbocycles. The van der Waals surface area contributed by atoms with E-state index in [4.69, 9.17) is 4.74 Å². The molecule has 0 aliphatic heterocycles. The molecule has 0 saturated heterocycles. The fourth-order valence-electron chi connectivity index (χ4n) is 6.30. The zero-order valence-corrected chi connectivity index (χ0v) is 22.6. The van der Waals surface area contributed by atoms with Gasteiger partial charge in [0.1, 0.15) is 0 Å². The number of aryl methyl sites for hydroxylation is 1. The summed E-state index contributed by atoms with van der Waals surface area (Å²) in [4.78, 5) is 0. The van der Waals surface area contributed by atoms with Crippen LogP contribution in [0.15, 0.2) is 36.4 Å². The van der Waals surface area contributed by atoms with Gasteiger partial charge in [-0.1, -0.05) is 56.9 Å². The first-order valence-electron chi connectivity index (χ1n) is 14.6. The van der Waals surface area contributed by atoms with E-state index in [-0.39, 0.29) is 5.82 Å². The normalized spacial score (nSPS) is 22.1. The van der Waals surface area contributed by atoms with E-state index in [2.05, 4.69) is 13.0 Å². The van der Waals surface area contributed by atoms with Gasteiger partial charge in [0.15, 0.2) is 23.2 Å². The second kappa shape index (κ2) is 13.5. The summed E-state index contributed by atoms with van der Waals surface area (Å²) in [7, 11) is 0. The summed E-state index contributed by atoms with van der Waals surface area (Å²) >= 11 is 0. The van der Waals surface area contributed by atoms with Crippen LogP contribution < -0.4 is 4.74 Å². The van der Waals surface area contributed by atoms with Gasteiger partial charge < -0.3 is 4.74 Å². The molecule has 0 aromatic heterocycles. The number of hydrogen-bond acceptors (Lipinski definition) is 1. The maximum atomic E-state index is 15.1. The first-order chi connectivity index (χ1) is 18.0. The minimum atomic E-state index is -0.672. The average Bonchev–Trinajstić information content (AvgIpc) is 2.92. The highest BCUT2D eigenvalue weighted by Crippen LogP contribution is 2.39. The molecule has 2 aromatic rings. The first-order valence-corrected chi connectivity index (χ1v) is 14.6. The summed E-state index contributed by atoms with van der Waals surface area (Å²) < 4.78 is 49.7. The van der Waals surface area contributed by atoms with Gasteiger partial charge in [0, 0.05) is 5.56 Å². The molecule has 0 amide bonds. The number of hydrogen-bond donors (Lipinski definition) is 0. The van der Waals surface area contributed by atoms with E-state index in [1.807, 2.05) is 13.0 Å². The first kappa shape index (κ1) is 27.8. The van der Waals surface area contributed by atoms with Gasteiger partial charge in [-0.2, -0.15) is 0 Å². The Kier molecular flexibility index (Phi) is 10.2. The van der Waals surface area contributed by atoms with Gasteiger partial charge in [-0.15, -0.1) is 0 Å². The number of rotatable bonds is 11. The Morgan fingerprint density at radius 3 is 2.32 bits per heavy atom. The highest BCUT2D eigenvalue weighted by molar-refractivity contribution is 5.67. The molecule has 1 atom stereocenters. The number of ether oxygens (including phenoxy) is 1. The van der Waals surface area contributed by atoms with Gasteiger partial charge in [-0.3, -0.25) is 0 Å². The van der Waals surface area contributed by atoms with E-state index in [0.29, 0.717) is 47.7 Å². The number of benzene rings is 2. The van der Waals surface area contributed by atoms with E-state index in [0.717, 1.165) is 62.5 Å². The van der Waals surface area contributed by atoms with Crippen molar-refractivity contribution in [1.82, 2.24) is 0 Å². The molecule has 0 N–H and O–H groups in total. The molecule has 1 nitrogen and oxygen atoms in total. The second-order valence-corrected chi connectivity index (χ2v) is 11.1. The third-order valence-corrected chi connectivity index (χ3v) is 8.64. The lowest BCUT2D eigenvalue weighted by atomic mass is 9.77. The minimum Gasteiger partial charge on any atom is -0.491 e. The van der Waals surface area contributed by atoms with Crippen molar-refractivity contribution in [3.63, 3.8) is 0 Å². The van der Waals surface area contributed by atoms with Crippen molar-refractivity contribution < 1.29 is 17.9 Å². The summed E-state index contributed by atoms with van der Waals surface area (Å²) in [5, 5.41) is 0. The third kappa shape index (κ3) is 7.21. The zero-order chi connectivity index (χ0) is 26.2. The van der Waals surface area contributed by atoms with Crippen molar-refractivity contribution >= 4 is 5.57 Å². The van der Waals surface area contributed by atoms with Crippen LogP contribution in [0.1, 0.15) is 114 Å². The van der Waals surface area contributed by atoms with Crippen LogP contribution in [0.25, 0.3) is 5.57 Å².